The van der Waals surface area contributed by atoms with Crippen molar-refractivity contribution in [1.82, 2.24) is 0 Å². The second-order valence-corrected chi connectivity index (χ2v) is 6.24. The molecular formula is C15H24O4. The third-order valence-corrected chi connectivity index (χ3v) is 4.90. The van der Waals surface area contributed by atoms with Crippen molar-refractivity contribution < 1.29 is 19.1 Å². The normalized spacial score (nSPS) is 38.2. The van der Waals surface area contributed by atoms with E-state index in [2.05, 4.69) is 6.92 Å². The van der Waals surface area contributed by atoms with Gasteiger partial charge in [0.2, 0.25) is 0 Å². The quantitative estimate of drug-likeness (QED) is 0.722. The molecule has 2 aliphatic rings. The second-order valence-electron chi connectivity index (χ2n) is 6.24. The summed E-state index contributed by atoms with van der Waals surface area (Å²) in [6.07, 6.45) is 6.61. The largest absolute Gasteiger partial charge is 0.458 e. The first-order valence-corrected chi connectivity index (χ1v) is 7.26. The van der Waals surface area contributed by atoms with Gasteiger partial charge < -0.3 is 9.47 Å². The van der Waals surface area contributed by atoms with E-state index in [1.165, 1.54) is 13.8 Å². The summed E-state index contributed by atoms with van der Waals surface area (Å²) in [5.41, 5.74) is -0.670. The monoisotopic (exact) mass is 268 g/mol. The standard InChI is InChI=1S/C15H24O4/c1-11(16)18-13-7-6-9-14(3)8-4-5-10-15(13,14)19-12(2)17/h13H,4-10H2,1-3H3/t13-,14-,15-/m1/s1. The molecule has 0 aliphatic heterocycles. The minimum absolute atomic E-state index is 0.0602. The molecule has 4 nitrogen and oxygen atoms in total. The fourth-order valence-corrected chi connectivity index (χ4v) is 4.06. The molecule has 2 saturated carbocycles. The third-order valence-electron chi connectivity index (χ3n) is 4.90. The van der Waals surface area contributed by atoms with Crippen molar-refractivity contribution >= 4 is 11.9 Å². The van der Waals surface area contributed by atoms with E-state index in [-0.39, 0.29) is 23.5 Å². The van der Waals surface area contributed by atoms with Crippen LogP contribution in [0.1, 0.15) is 65.7 Å². The fourth-order valence-electron chi connectivity index (χ4n) is 4.06. The maximum Gasteiger partial charge on any atom is 0.303 e. The molecule has 0 unspecified atom stereocenters. The summed E-state index contributed by atoms with van der Waals surface area (Å²) >= 11 is 0. The first-order chi connectivity index (χ1) is 8.90. The highest BCUT2D eigenvalue weighted by atomic mass is 16.6. The average molecular weight is 268 g/mol. The number of ether oxygens (including phenoxy) is 2. The molecule has 0 saturated heterocycles. The molecule has 2 aliphatic carbocycles. The van der Waals surface area contributed by atoms with Gasteiger partial charge >= 0.3 is 11.9 Å². The van der Waals surface area contributed by atoms with Crippen molar-refractivity contribution in [2.75, 3.05) is 0 Å². The van der Waals surface area contributed by atoms with Crippen LogP contribution in [-0.4, -0.2) is 23.6 Å². The van der Waals surface area contributed by atoms with Gasteiger partial charge in [-0.05, 0) is 38.5 Å². The van der Waals surface area contributed by atoms with Crippen LogP contribution in [0.4, 0.5) is 0 Å². The van der Waals surface area contributed by atoms with Gasteiger partial charge in [-0.15, -0.1) is 0 Å². The number of carbonyl (C=O) groups is 2. The summed E-state index contributed by atoms with van der Waals surface area (Å²) in [6, 6.07) is 0. The minimum atomic E-state index is -0.610. The zero-order valence-corrected chi connectivity index (χ0v) is 12.2. The van der Waals surface area contributed by atoms with E-state index in [1.807, 2.05) is 0 Å². The Kier molecular flexibility index (Phi) is 3.88. The van der Waals surface area contributed by atoms with Crippen LogP contribution >= 0.6 is 0 Å². The number of fused-ring (bicyclic) bond motifs is 1. The van der Waals surface area contributed by atoms with E-state index < -0.39 is 5.60 Å². The van der Waals surface area contributed by atoms with Crippen LogP contribution in [0.5, 0.6) is 0 Å². The maximum atomic E-state index is 11.6. The summed E-state index contributed by atoms with van der Waals surface area (Å²) in [4.78, 5) is 22.9. The van der Waals surface area contributed by atoms with Crippen molar-refractivity contribution in [1.29, 1.82) is 0 Å². The van der Waals surface area contributed by atoms with Gasteiger partial charge in [0, 0.05) is 19.3 Å². The Balaban J connectivity index is 2.36. The van der Waals surface area contributed by atoms with Crippen LogP contribution in [0.15, 0.2) is 0 Å². The van der Waals surface area contributed by atoms with Gasteiger partial charge in [0.25, 0.3) is 0 Å². The van der Waals surface area contributed by atoms with Gasteiger partial charge in [0.1, 0.15) is 6.10 Å². The minimum Gasteiger partial charge on any atom is -0.458 e. The number of carbonyl (C=O) groups excluding carboxylic acids is 2. The molecule has 0 aromatic heterocycles. The molecule has 2 fully saturated rings. The van der Waals surface area contributed by atoms with Gasteiger partial charge in [-0.2, -0.15) is 0 Å². The predicted molar refractivity (Wildman–Crippen MR) is 70.5 cm³/mol. The first-order valence-electron chi connectivity index (χ1n) is 7.26. The molecule has 0 spiro atoms. The molecule has 0 bridgehead atoms. The zero-order chi connectivity index (χ0) is 14.1. The summed E-state index contributed by atoms with van der Waals surface area (Å²) in [7, 11) is 0. The Labute approximate surface area is 114 Å². The highest BCUT2D eigenvalue weighted by molar-refractivity contribution is 5.68. The molecule has 19 heavy (non-hydrogen) atoms. The molecule has 0 aromatic rings. The Bertz CT molecular complexity index is 374. The van der Waals surface area contributed by atoms with Crippen LogP contribution in [0.2, 0.25) is 0 Å². The molecule has 0 amide bonds. The van der Waals surface area contributed by atoms with Crippen LogP contribution in [-0.2, 0) is 19.1 Å². The highest BCUT2D eigenvalue weighted by Gasteiger charge is 2.60. The molecule has 108 valence electrons. The van der Waals surface area contributed by atoms with Gasteiger partial charge in [-0.1, -0.05) is 13.3 Å². The van der Waals surface area contributed by atoms with Crippen LogP contribution in [0.3, 0.4) is 0 Å². The molecule has 2 rings (SSSR count). The summed E-state index contributed by atoms with van der Waals surface area (Å²) in [6.45, 7) is 5.06. The average Bonchev–Trinajstić information content (AvgIpc) is 2.29. The van der Waals surface area contributed by atoms with Crippen LogP contribution < -0.4 is 0 Å². The molecule has 0 aromatic carbocycles. The van der Waals surface area contributed by atoms with Crippen LogP contribution in [0, 0.1) is 5.41 Å². The predicted octanol–water partition coefficient (Wildman–Crippen LogP) is 2.98. The van der Waals surface area contributed by atoms with Crippen LogP contribution in [0.25, 0.3) is 0 Å². The van der Waals surface area contributed by atoms with E-state index in [0.717, 1.165) is 44.9 Å². The smallest absolute Gasteiger partial charge is 0.303 e. The van der Waals surface area contributed by atoms with Crippen molar-refractivity contribution in [3.05, 3.63) is 0 Å². The maximum absolute atomic E-state index is 11.6. The lowest BCUT2D eigenvalue weighted by Crippen LogP contribution is -2.62. The second kappa shape index (κ2) is 5.14. The van der Waals surface area contributed by atoms with Gasteiger partial charge in [0.15, 0.2) is 5.60 Å². The van der Waals surface area contributed by atoms with Gasteiger partial charge in [-0.25, -0.2) is 0 Å². The molecule has 0 radical (unpaired) electrons. The Morgan fingerprint density at radius 1 is 1.00 bits per heavy atom. The number of rotatable bonds is 2. The third kappa shape index (κ3) is 2.49. The molecule has 0 N–H and O–H groups in total. The van der Waals surface area contributed by atoms with E-state index in [1.54, 1.807) is 0 Å². The lowest BCUT2D eigenvalue weighted by Gasteiger charge is -2.56. The van der Waals surface area contributed by atoms with Crippen molar-refractivity contribution in [2.24, 2.45) is 5.41 Å². The number of hydrogen-bond acceptors (Lipinski definition) is 4. The molecular weight excluding hydrogens is 244 g/mol. The fraction of sp³-hybridized carbons (Fsp3) is 0.867. The molecule has 4 heteroatoms. The first kappa shape index (κ1) is 14.4. The highest BCUT2D eigenvalue weighted by Crippen LogP contribution is 2.55. The zero-order valence-electron chi connectivity index (χ0n) is 12.2. The van der Waals surface area contributed by atoms with Crippen molar-refractivity contribution in [2.45, 2.75) is 77.4 Å². The summed E-state index contributed by atoms with van der Waals surface area (Å²) in [5, 5.41) is 0. The van der Waals surface area contributed by atoms with E-state index in [9.17, 15) is 9.59 Å². The topological polar surface area (TPSA) is 52.6 Å². The molecule has 0 heterocycles. The Morgan fingerprint density at radius 2 is 1.63 bits per heavy atom. The van der Waals surface area contributed by atoms with Crippen molar-refractivity contribution in [3.63, 3.8) is 0 Å². The molecule has 3 atom stereocenters. The Hall–Kier alpha value is -1.06. The van der Waals surface area contributed by atoms with E-state index in [4.69, 9.17) is 9.47 Å². The SMILES string of the molecule is CC(=O)O[C@@H]1CCC[C@@]2(C)CCCC[C@@]12OC(C)=O. The number of esters is 2. The number of hydrogen-bond donors (Lipinski definition) is 0. The lowest BCUT2D eigenvalue weighted by atomic mass is 9.56. The summed E-state index contributed by atoms with van der Waals surface area (Å²) < 4.78 is 11.3. The van der Waals surface area contributed by atoms with Gasteiger partial charge in [0.05, 0.1) is 0 Å². The Morgan fingerprint density at radius 3 is 2.26 bits per heavy atom. The van der Waals surface area contributed by atoms with E-state index in [0.29, 0.717) is 0 Å². The van der Waals surface area contributed by atoms with Gasteiger partial charge in [-0.3, -0.25) is 9.59 Å². The lowest BCUT2D eigenvalue weighted by molar-refractivity contribution is -0.232. The summed E-state index contributed by atoms with van der Waals surface area (Å²) in [5.74, 6) is -0.557. The van der Waals surface area contributed by atoms with Crippen molar-refractivity contribution in [3.8, 4) is 0 Å². The van der Waals surface area contributed by atoms with E-state index >= 15 is 0 Å².